The number of amides is 3. The fourth-order valence-corrected chi connectivity index (χ4v) is 7.04. The maximum absolute atomic E-state index is 14.1. The molecule has 3 amide bonds. The van der Waals surface area contributed by atoms with E-state index in [4.69, 9.17) is 16.3 Å². The van der Waals surface area contributed by atoms with Gasteiger partial charge in [-0.3, -0.25) is 19.3 Å². The van der Waals surface area contributed by atoms with Crippen LogP contribution in [0.2, 0.25) is 5.02 Å². The van der Waals surface area contributed by atoms with Gasteiger partial charge in [0.05, 0.1) is 11.8 Å². The topological polar surface area (TPSA) is 92.8 Å². The van der Waals surface area contributed by atoms with E-state index in [1.165, 1.54) is 0 Å². The standard InChI is InChI=1S/C33H31ClN2O5/c1-3-4-13-25(33(40)41-17-26(37)35-19-15-14-18(2)24(34)16-19)36-31(38)29-27-20-9-5-6-10-21(20)28(30(29)32(36)39)23-12-8-7-11-22(23)27/h5-12,14-16,25,27-30H,3-4,13,17H2,1-2H3,(H,35,37)/t25-,27?,28?,29-,30-/m1/s1. The van der Waals surface area contributed by atoms with Gasteiger partial charge >= 0.3 is 5.97 Å². The lowest BCUT2D eigenvalue weighted by Gasteiger charge is -2.45. The SMILES string of the molecule is CCCC[C@H](C(=O)OCC(=O)Nc1ccc(C)c(Cl)c1)N1C(=O)[C@@H]2C3c4ccccc4C(c4ccccc43)[C@H]2C1=O. The maximum Gasteiger partial charge on any atom is 0.329 e. The van der Waals surface area contributed by atoms with Crippen molar-refractivity contribution in [1.29, 1.82) is 0 Å². The van der Waals surface area contributed by atoms with E-state index in [0.717, 1.165) is 39.1 Å². The van der Waals surface area contributed by atoms with E-state index < -0.39 is 36.4 Å². The van der Waals surface area contributed by atoms with Crippen LogP contribution >= 0.6 is 11.6 Å². The first-order chi connectivity index (χ1) is 19.8. The van der Waals surface area contributed by atoms with Gasteiger partial charge in [-0.2, -0.15) is 0 Å². The molecule has 7 nitrogen and oxygen atoms in total. The summed E-state index contributed by atoms with van der Waals surface area (Å²) in [4.78, 5) is 55.4. The molecule has 0 spiro atoms. The Morgan fingerprint density at radius 3 is 1.93 bits per heavy atom. The molecule has 0 unspecified atom stereocenters. The molecule has 41 heavy (non-hydrogen) atoms. The number of carbonyl (C=O) groups excluding carboxylic acids is 4. The number of nitrogens with one attached hydrogen (secondary N) is 1. The number of likely N-dealkylation sites (tertiary alicyclic amines) is 1. The first-order valence-electron chi connectivity index (χ1n) is 14.1. The van der Waals surface area contributed by atoms with E-state index >= 15 is 0 Å². The second kappa shape index (κ2) is 10.8. The third-order valence-electron chi connectivity index (χ3n) is 8.70. The summed E-state index contributed by atoms with van der Waals surface area (Å²) >= 11 is 6.14. The summed E-state index contributed by atoms with van der Waals surface area (Å²) in [6.07, 6.45) is 1.66. The number of imide groups is 1. The number of benzene rings is 3. The fourth-order valence-electron chi connectivity index (χ4n) is 6.86. The molecular formula is C33H31ClN2O5. The number of esters is 1. The predicted molar refractivity (Wildman–Crippen MR) is 154 cm³/mol. The minimum Gasteiger partial charge on any atom is -0.454 e. The van der Waals surface area contributed by atoms with Gasteiger partial charge in [0.1, 0.15) is 6.04 Å². The van der Waals surface area contributed by atoms with Crippen LogP contribution in [0.1, 0.15) is 65.8 Å². The smallest absolute Gasteiger partial charge is 0.329 e. The maximum atomic E-state index is 14.1. The monoisotopic (exact) mass is 570 g/mol. The quantitative estimate of drug-likeness (QED) is 0.282. The summed E-state index contributed by atoms with van der Waals surface area (Å²) in [6, 6.07) is 20.1. The van der Waals surface area contributed by atoms with Crippen LogP contribution in [0.25, 0.3) is 0 Å². The van der Waals surface area contributed by atoms with Gasteiger partial charge in [-0.1, -0.05) is 86.0 Å². The second-order valence-corrected chi connectivity index (χ2v) is 11.5. The molecule has 3 atom stereocenters. The van der Waals surface area contributed by atoms with E-state index in [1.807, 2.05) is 62.4 Å². The third kappa shape index (κ3) is 4.52. The average Bonchev–Trinajstić information content (AvgIpc) is 3.24. The molecule has 0 saturated carbocycles. The fraction of sp³-hybridized carbons (Fsp3) is 0.333. The molecule has 8 heteroatoms. The normalized spacial score (nSPS) is 22.6. The molecule has 1 fully saturated rings. The Balaban J connectivity index is 1.25. The van der Waals surface area contributed by atoms with Gasteiger partial charge in [0.2, 0.25) is 11.8 Å². The number of hydrogen-bond donors (Lipinski definition) is 1. The zero-order valence-electron chi connectivity index (χ0n) is 22.9. The number of unbranched alkanes of at least 4 members (excludes halogenated alkanes) is 1. The number of halogens is 1. The Hall–Kier alpha value is -3.97. The molecule has 3 aromatic carbocycles. The zero-order chi connectivity index (χ0) is 28.8. The molecule has 7 rings (SSSR count). The van der Waals surface area contributed by atoms with Crippen molar-refractivity contribution in [3.8, 4) is 0 Å². The van der Waals surface area contributed by atoms with Crippen molar-refractivity contribution in [2.24, 2.45) is 11.8 Å². The van der Waals surface area contributed by atoms with Crippen LogP contribution in [0.4, 0.5) is 5.69 Å². The predicted octanol–water partition coefficient (Wildman–Crippen LogP) is 5.58. The third-order valence-corrected chi connectivity index (χ3v) is 9.11. The number of nitrogens with zero attached hydrogens (tertiary/aromatic N) is 1. The number of ether oxygens (including phenoxy) is 1. The van der Waals surface area contributed by atoms with E-state index in [-0.39, 0.29) is 30.1 Å². The van der Waals surface area contributed by atoms with E-state index in [1.54, 1.807) is 18.2 Å². The number of rotatable bonds is 8. The van der Waals surface area contributed by atoms with Crippen molar-refractivity contribution in [2.75, 3.05) is 11.9 Å². The highest BCUT2D eigenvalue weighted by atomic mass is 35.5. The van der Waals surface area contributed by atoms with Crippen molar-refractivity contribution < 1.29 is 23.9 Å². The molecule has 3 aliphatic carbocycles. The molecule has 4 aliphatic rings. The first-order valence-corrected chi connectivity index (χ1v) is 14.5. The summed E-state index contributed by atoms with van der Waals surface area (Å²) in [6.45, 7) is 3.29. The summed E-state index contributed by atoms with van der Waals surface area (Å²) in [5, 5.41) is 3.17. The summed E-state index contributed by atoms with van der Waals surface area (Å²) in [5.41, 5.74) is 5.63. The minimum absolute atomic E-state index is 0.256. The Morgan fingerprint density at radius 1 is 0.902 bits per heavy atom. The van der Waals surface area contributed by atoms with Crippen LogP contribution in [0.5, 0.6) is 0 Å². The molecule has 1 N–H and O–H groups in total. The second-order valence-electron chi connectivity index (χ2n) is 11.1. The van der Waals surface area contributed by atoms with Crippen molar-refractivity contribution in [3.05, 3.63) is 99.6 Å². The number of carbonyl (C=O) groups is 4. The highest BCUT2D eigenvalue weighted by Gasteiger charge is 2.63. The van der Waals surface area contributed by atoms with Crippen LogP contribution in [0, 0.1) is 18.8 Å². The zero-order valence-corrected chi connectivity index (χ0v) is 23.7. The lowest BCUT2D eigenvalue weighted by atomic mass is 9.55. The molecule has 2 bridgehead atoms. The van der Waals surface area contributed by atoms with Crippen molar-refractivity contribution in [2.45, 2.75) is 51.0 Å². The largest absolute Gasteiger partial charge is 0.454 e. The van der Waals surface area contributed by atoms with Gasteiger partial charge in [0.25, 0.3) is 5.91 Å². The molecule has 0 aromatic heterocycles. The molecular weight excluding hydrogens is 540 g/mol. The highest BCUT2D eigenvalue weighted by Crippen LogP contribution is 2.61. The molecule has 0 radical (unpaired) electrons. The van der Waals surface area contributed by atoms with Gasteiger partial charge in [0.15, 0.2) is 6.61 Å². The highest BCUT2D eigenvalue weighted by molar-refractivity contribution is 6.31. The number of hydrogen-bond acceptors (Lipinski definition) is 5. The van der Waals surface area contributed by atoms with Crippen LogP contribution in [-0.4, -0.2) is 41.2 Å². The van der Waals surface area contributed by atoms with E-state index in [9.17, 15) is 19.2 Å². The van der Waals surface area contributed by atoms with Crippen LogP contribution in [0.3, 0.4) is 0 Å². The van der Waals surface area contributed by atoms with Crippen molar-refractivity contribution in [3.63, 3.8) is 0 Å². The van der Waals surface area contributed by atoms with Crippen LogP contribution in [-0.2, 0) is 23.9 Å². The van der Waals surface area contributed by atoms with E-state index in [2.05, 4.69) is 5.32 Å². The average molecular weight is 571 g/mol. The molecule has 1 heterocycles. The van der Waals surface area contributed by atoms with Gasteiger partial charge in [0, 0.05) is 22.5 Å². The van der Waals surface area contributed by atoms with Gasteiger partial charge in [-0.05, 0) is 53.3 Å². The molecule has 1 aliphatic heterocycles. The Labute approximate surface area is 243 Å². The summed E-state index contributed by atoms with van der Waals surface area (Å²) in [7, 11) is 0. The number of aryl methyl sites for hydroxylation is 1. The molecule has 210 valence electrons. The minimum atomic E-state index is -1.09. The van der Waals surface area contributed by atoms with Crippen molar-refractivity contribution in [1.82, 2.24) is 4.90 Å². The molecule has 3 aromatic rings. The van der Waals surface area contributed by atoms with Crippen molar-refractivity contribution >= 4 is 41.0 Å². The first kappa shape index (κ1) is 27.2. The van der Waals surface area contributed by atoms with E-state index in [0.29, 0.717) is 17.1 Å². The Kier molecular flexibility index (Phi) is 7.16. The summed E-state index contributed by atoms with van der Waals surface area (Å²) < 4.78 is 5.41. The lowest BCUT2D eigenvalue weighted by molar-refractivity contribution is -0.160. The van der Waals surface area contributed by atoms with Crippen LogP contribution in [0.15, 0.2) is 66.7 Å². The Morgan fingerprint density at radius 2 is 1.44 bits per heavy atom. The number of anilines is 1. The van der Waals surface area contributed by atoms with Gasteiger partial charge < -0.3 is 10.1 Å². The molecule has 1 saturated heterocycles. The van der Waals surface area contributed by atoms with Gasteiger partial charge in [-0.15, -0.1) is 0 Å². The van der Waals surface area contributed by atoms with Crippen LogP contribution < -0.4 is 5.32 Å². The summed E-state index contributed by atoms with van der Waals surface area (Å²) in [5.74, 6) is -3.63. The Bertz CT molecular complexity index is 1450. The lowest BCUT2D eigenvalue weighted by Crippen LogP contribution is -2.47. The van der Waals surface area contributed by atoms with Gasteiger partial charge in [-0.25, -0.2) is 4.79 Å².